The van der Waals surface area contributed by atoms with Crippen LogP contribution in [0.5, 0.6) is 5.75 Å². The summed E-state index contributed by atoms with van der Waals surface area (Å²) in [6, 6.07) is 6.30. The first-order valence-electron chi connectivity index (χ1n) is 6.21. The van der Waals surface area contributed by atoms with Gasteiger partial charge >= 0.3 is 5.97 Å². The van der Waals surface area contributed by atoms with E-state index in [1.807, 2.05) is 0 Å². The summed E-state index contributed by atoms with van der Waals surface area (Å²) in [5, 5.41) is 8.86. The van der Waals surface area contributed by atoms with Gasteiger partial charge in [0.25, 0.3) is 11.1 Å². The molecule has 2 amide bonds. The number of benzene rings is 1. The van der Waals surface area contributed by atoms with Crippen molar-refractivity contribution < 1.29 is 24.2 Å². The standard InChI is InChI=1S/C14H13NO5S/c1-2-20-12(17)8-15-13(18)11(21-14(15)19)7-9-4-3-5-10(16)6-9/h3-7,16H,2,8H2,1H3/b11-7-. The van der Waals surface area contributed by atoms with Crippen LogP contribution in [0.25, 0.3) is 6.08 Å². The van der Waals surface area contributed by atoms with E-state index in [-0.39, 0.29) is 17.3 Å². The normalized spacial score (nSPS) is 16.6. The zero-order valence-electron chi connectivity index (χ0n) is 11.2. The Kier molecular flexibility index (Phi) is 4.64. The quantitative estimate of drug-likeness (QED) is 0.676. The number of nitrogens with zero attached hydrogens (tertiary/aromatic N) is 1. The van der Waals surface area contributed by atoms with Crippen molar-refractivity contribution in [2.75, 3.05) is 13.2 Å². The first-order chi connectivity index (χ1) is 10.0. The number of thioether (sulfide) groups is 1. The molecule has 1 heterocycles. The van der Waals surface area contributed by atoms with Gasteiger partial charge in [0.2, 0.25) is 0 Å². The van der Waals surface area contributed by atoms with Crippen LogP contribution in [0.3, 0.4) is 0 Å². The van der Waals surface area contributed by atoms with E-state index >= 15 is 0 Å². The van der Waals surface area contributed by atoms with Crippen molar-refractivity contribution in [3.05, 3.63) is 34.7 Å². The molecule has 0 radical (unpaired) electrons. The summed E-state index contributed by atoms with van der Waals surface area (Å²) in [6.07, 6.45) is 1.50. The van der Waals surface area contributed by atoms with Gasteiger partial charge in [0.1, 0.15) is 12.3 Å². The molecular formula is C14H13NO5S. The fourth-order valence-corrected chi connectivity index (χ4v) is 2.58. The third kappa shape index (κ3) is 3.63. The van der Waals surface area contributed by atoms with Crippen molar-refractivity contribution in [2.45, 2.75) is 6.92 Å². The number of amides is 2. The third-order valence-corrected chi connectivity index (χ3v) is 3.54. The number of aromatic hydroxyl groups is 1. The second-order valence-corrected chi connectivity index (χ2v) is 5.16. The van der Waals surface area contributed by atoms with E-state index in [4.69, 9.17) is 4.74 Å². The molecule has 1 aliphatic heterocycles. The number of hydrogen-bond acceptors (Lipinski definition) is 6. The lowest BCUT2D eigenvalue weighted by molar-refractivity contribution is -0.145. The van der Waals surface area contributed by atoms with Crippen LogP contribution in [0.1, 0.15) is 12.5 Å². The Bertz CT molecular complexity index is 626. The van der Waals surface area contributed by atoms with Gasteiger partial charge in [-0.15, -0.1) is 0 Å². The van der Waals surface area contributed by atoms with Crippen LogP contribution < -0.4 is 0 Å². The Labute approximate surface area is 125 Å². The van der Waals surface area contributed by atoms with E-state index in [9.17, 15) is 19.5 Å². The van der Waals surface area contributed by atoms with Crippen LogP contribution in [-0.4, -0.2) is 40.3 Å². The lowest BCUT2D eigenvalue weighted by Crippen LogP contribution is -2.34. The number of carbonyl (C=O) groups is 3. The molecule has 0 spiro atoms. The molecule has 1 aromatic carbocycles. The molecule has 1 aliphatic rings. The van der Waals surface area contributed by atoms with Crippen molar-refractivity contribution in [3.8, 4) is 5.75 Å². The van der Waals surface area contributed by atoms with E-state index in [2.05, 4.69) is 0 Å². The summed E-state index contributed by atoms with van der Waals surface area (Å²) in [5.74, 6) is -1.10. The number of imide groups is 1. The van der Waals surface area contributed by atoms with E-state index in [0.717, 1.165) is 16.7 Å². The highest BCUT2D eigenvalue weighted by Gasteiger charge is 2.36. The first kappa shape index (κ1) is 15.1. The minimum Gasteiger partial charge on any atom is -0.508 e. The number of phenols is 1. The highest BCUT2D eigenvalue weighted by molar-refractivity contribution is 8.18. The van der Waals surface area contributed by atoms with Gasteiger partial charge in [0.05, 0.1) is 11.5 Å². The SMILES string of the molecule is CCOC(=O)CN1C(=O)S/C(=C\c2cccc(O)c2)C1=O. The average molecular weight is 307 g/mol. The van der Waals surface area contributed by atoms with Gasteiger partial charge < -0.3 is 9.84 Å². The molecule has 0 aliphatic carbocycles. The zero-order chi connectivity index (χ0) is 15.4. The van der Waals surface area contributed by atoms with Crippen LogP contribution in [0.2, 0.25) is 0 Å². The summed E-state index contributed by atoms with van der Waals surface area (Å²) < 4.78 is 4.72. The highest BCUT2D eigenvalue weighted by Crippen LogP contribution is 2.32. The number of hydrogen-bond donors (Lipinski definition) is 1. The van der Waals surface area contributed by atoms with Crippen molar-refractivity contribution in [3.63, 3.8) is 0 Å². The molecule has 0 saturated carbocycles. The smallest absolute Gasteiger partial charge is 0.326 e. The Hall–Kier alpha value is -2.28. The predicted molar refractivity (Wildman–Crippen MR) is 77.4 cm³/mol. The topological polar surface area (TPSA) is 83.9 Å². The Morgan fingerprint density at radius 1 is 1.43 bits per heavy atom. The Balaban J connectivity index is 2.16. The maximum absolute atomic E-state index is 12.1. The molecule has 2 rings (SSSR count). The summed E-state index contributed by atoms with van der Waals surface area (Å²) in [6.45, 7) is 1.44. The average Bonchev–Trinajstić information content (AvgIpc) is 2.67. The van der Waals surface area contributed by atoms with Gasteiger partial charge in [-0.2, -0.15) is 0 Å². The van der Waals surface area contributed by atoms with Crippen LogP contribution in [0.4, 0.5) is 4.79 Å². The number of ether oxygens (including phenoxy) is 1. The van der Waals surface area contributed by atoms with E-state index < -0.39 is 23.7 Å². The molecule has 0 bridgehead atoms. The second-order valence-electron chi connectivity index (χ2n) is 4.17. The molecule has 1 aromatic rings. The second kappa shape index (κ2) is 6.45. The van der Waals surface area contributed by atoms with Crippen LogP contribution >= 0.6 is 11.8 Å². The van der Waals surface area contributed by atoms with Gasteiger partial charge in [0.15, 0.2) is 0 Å². The molecule has 1 saturated heterocycles. The van der Waals surface area contributed by atoms with Gasteiger partial charge in [-0.3, -0.25) is 19.3 Å². The molecule has 1 N–H and O–H groups in total. The molecule has 21 heavy (non-hydrogen) atoms. The third-order valence-electron chi connectivity index (χ3n) is 2.63. The molecule has 110 valence electrons. The lowest BCUT2D eigenvalue weighted by atomic mass is 10.2. The molecule has 7 heteroatoms. The highest BCUT2D eigenvalue weighted by atomic mass is 32.2. The summed E-state index contributed by atoms with van der Waals surface area (Å²) in [7, 11) is 0. The Morgan fingerprint density at radius 3 is 2.86 bits per heavy atom. The van der Waals surface area contributed by atoms with E-state index in [0.29, 0.717) is 5.56 Å². The van der Waals surface area contributed by atoms with E-state index in [1.54, 1.807) is 19.1 Å². The first-order valence-corrected chi connectivity index (χ1v) is 7.03. The largest absolute Gasteiger partial charge is 0.508 e. The van der Waals surface area contributed by atoms with Gasteiger partial charge in [-0.05, 0) is 42.5 Å². The lowest BCUT2D eigenvalue weighted by Gasteiger charge is -2.10. The molecule has 1 fully saturated rings. The Morgan fingerprint density at radius 2 is 2.19 bits per heavy atom. The maximum atomic E-state index is 12.1. The molecular weight excluding hydrogens is 294 g/mol. The molecule has 6 nitrogen and oxygen atoms in total. The van der Waals surface area contributed by atoms with Gasteiger partial charge in [-0.1, -0.05) is 12.1 Å². The minimum atomic E-state index is -0.626. The number of phenolic OH excluding ortho intramolecular Hbond substituents is 1. The van der Waals surface area contributed by atoms with Crippen molar-refractivity contribution in [1.82, 2.24) is 4.90 Å². The fraction of sp³-hybridized carbons (Fsp3) is 0.214. The summed E-state index contributed by atoms with van der Waals surface area (Å²) >= 11 is 0.752. The molecule has 0 aromatic heterocycles. The van der Waals surface area contributed by atoms with E-state index in [1.165, 1.54) is 18.2 Å². The monoisotopic (exact) mass is 307 g/mol. The van der Waals surface area contributed by atoms with Crippen LogP contribution in [0, 0.1) is 0 Å². The summed E-state index contributed by atoms with van der Waals surface area (Å²) in [5.41, 5.74) is 0.594. The zero-order valence-corrected chi connectivity index (χ0v) is 12.1. The predicted octanol–water partition coefficient (Wildman–Crippen LogP) is 1.99. The number of esters is 1. The fourth-order valence-electron chi connectivity index (χ4n) is 1.74. The minimum absolute atomic E-state index is 0.0644. The molecule has 0 unspecified atom stereocenters. The number of rotatable bonds is 4. The molecule has 0 atom stereocenters. The summed E-state index contributed by atoms with van der Waals surface area (Å²) in [4.78, 5) is 36.3. The van der Waals surface area contributed by atoms with Crippen molar-refractivity contribution in [2.24, 2.45) is 0 Å². The maximum Gasteiger partial charge on any atom is 0.326 e. The van der Waals surface area contributed by atoms with Crippen molar-refractivity contribution >= 4 is 35.0 Å². The van der Waals surface area contributed by atoms with Gasteiger partial charge in [-0.25, -0.2) is 0 Å². The number of carbonyl (C=O) groups excluding carboxylic acids is 3. The van der Waals surface area contributed by atoms with Crippen LogP contribution in [-0.2, 0) is 14.3 Å². The van der Waals surface area contributed by atoms with Crippen molar-refractivity contribution in [1.29, 1.82) is 0 Å². The van der Waals surface area contributed by atoms with Gasteiger partial charge in [0, 0.05) is 0 Å². The van der Waals surface area contributed by atoms with Crippen LogP contribution in [0.15, 0.2) is 29.2 Å².